The van der Waals surface area contributed by atoms with Gasteiger partial charge in [-0.05, 0) is 68.7 Å². The van der Waals surface area contributed by atoms with Crippen LogP contribution >= 0.6 is 15.9 Å². The van der Waals surface area contributed by atoms with Gasteiger partial charge in [-0.2, -0.15) is 0 Å². The molecule has 5 nitrogen and oxygen atoms in total. The van der Waals surface area contributed by atoms with Gasteiger partial charge in [0.1, 0.15) is 11.4 Å². The maximum atomic E-state index is 11.4. The highest BCUT2D eigenvalue weighted by Gasteiger charge is 2.15. The molecule has 0 radical (unpaired) electrons. The van der Waals surface area contributed by atoms with Crippen molar-refractivity contribution in [2.75, 3.05) is 13.1 Å². The first kappa shape index (κ1) is 17.0. The standard InChI is InChI=1S/C14H23BrN2O3/c1-10(11-6-7-12(15)19-11)16-8-5-9-17-13(18)20-14(2,3)4/h6-7,10,16H,5,8-9H2,1-4H3,(H,17,18). The fourth-order valence-corrected chi connectivity index (χ4v) is 1.89. The number of hydrogen-bond donors (Lipinski definition) is 2. The Morgan fingerprint density at radius 1 is 1.40 bits per heavy atom. The second-order valence-corrected chi connectivity index (χ2v) is 6.38. The summed E-state index contributed by atoms with van der Waals surface area (Å²) >= 11 is 3.28. The molecule has 1 amide bonds. The number of amides is 1. The first-order chi connectivity index (χ1) is 9.28. The molecule has 0 spiro atoms. The van der Waals surface area contributed by atoms with Crippen LogP contribution in [0.5, 0.6) is 0 Å². The molecule has 0 aliphatic carbocycles. The van der Waals surface area contributed by atoms with Crippen LogP contribution in [0.2, 0.25) is 0 Å². The highest BCUT2D eigenvalue weighted by molar-refractivity contribution is 9.10. The first-order valence-corrected chi connectivity index (χ1v) is 7.53. The zero-order valence-electron chi connectivity index (χ0n) is 12.5. The number of carbonyl (C=O) groups is 1. The Kier molecular flexibility index (Phi) is 6.55. The molecule has 1 atom stereocenters. The zero-order valence-corrected chi connectivity index (χ0v) is 14.0. The average molecular weight is 347 g/mol. The predicted octanol–water partition coefficient (Wildman–Crippen LogP) is 3.61. The van der Waals surface area contributed by atoms with Crippen LogP contribution in [0.25, 0.3) is 0 Å². The molecule has 0 bridgehead atoms. The van der Waals surface area contributed by atoms with Crippen molar-refractivity contribution in [3.63, 3.8) is 0 Å². The second kappa shape index (κ2) is 7.69. The van der Waals surface area contributed by atoms with Crippen molar-refractivity contribution >= 4 is 22.0 Å². The van der Waals surface area contributed by atoms with Crippen molar-refractivity contribution in [3.05, 3.63) is 22.6 Å². The minimum Gasteiger partial charge on any atom is -0.453 e. The molecule has 20 heavy (non-hydrogen) atoms. The van der Waals surface area contributed by atoms with E-state index in [2.05, 4.69) is 26.6 Å². The monoisotopic (exact) mass is 346 g/mol. The van der Waals surface area contributed by atoms with Crippen LogP contribution in [0, 0.1) is 0 Å². The summed E-state index contributed by atoms with van der Waals surface area (Å²) in [5, 5.41) is 6.05. The lowest BCUT2D eigenvalue weighted by molar-refractivity contribution is 0.0527. The van der Waals surface area contributed by atoms with E-state index in [1.165, 1.54) is 0 Å². The minimum atomic E-state index is -0.455. The summed E-state index contributed by atoms with van der Waals surface area (Å²) in [6, 6.07) is 3.95. The molecule has 0 aliphatic heterocycles. The van der Waals surface area contributed by atoms with E-state index >= 15 is 0 Å². The molecule has 2 N–H and O–H groups in total. The molecule has 0 fully saturated rings. The molecule has 114 valence electrons. The maximum Gasteiger partial charge on any atom is 0.407 e. The van der Waals surface area contributed by atoms with Crippen molar-refractivity contribution in [2.24, 2.45) is 0 Å². The lowest BCUT2D eigenvalue weighted by atomic mass is 10.2. The van der Waals surface area contributed by atoms with Gasteiger partial charge in [-0.25, -0.2) is 4.79 Å². The van der Waals surface area contributed by atoms with Crippen LogP contribution in [-0.4, -0.2) is 24.8 Å². The van der Waals surface area contributed by atoms with E-state index in [1.807, 2.05) is 39.8 Å². The molecule has 1 unspecified atom stereocenters. The molecule has 0 aliphatic rings. The number of alkyl carbamates (subject to hydrolysis) is 1. The number of furan rings is 1. The summed E-state index contributed by atoms with van der Waals surface area (Å²) in [7, 11) is 0. The third kappa shape index (κ3) is 6.96. The predicted molar refractivity (Wildman–Crippen MR) is 81.7 cm³/mol. The Bertz CT molecular complexity index is 426. The van der Waals surface area contributed by atoms with Crippen molar-refractivity contribution in [2.45, 2.75) is 45.8 Å². The zero-order chi connectivity index (χ0) is 15.2. The van der Waals surface area contributed by atoms with Gasteiger partial charge in [0.15, 0.2) is 4.67 Å². The average Bonchev–Trinajstić information content (AvgIpc) is 2.73. The lowest BCUT2D eigenvalue weighted by Crippen LogP contribution is -2.34. The number of rotatable bonds is 6. The number of ether oxygens (including phenoxy) is 1. The van der Waals surface area contributed by atoms with Crippen LogP contribution in [0.1, 0.15) is 45.9 Å². The lowest BCUT2D eigenvalue weighted by Gasteiger charge is -2.19. The van der Waals surface area contributed by atoms with E-state index in [-0.39, 0.29) is 12.1 Å². The summed E-state index contributed by atoms with van der Waals surface area (Å²) in [4.78, 5) is 11.4. The van der Waals surface area contributed by atoms with Gasteiger partial charge in [0.25, 0.3) is 0 Å². The van der Waals surface area contributed by atoms with Crippen LogP contribution in [-0.2, 0) is 4.74 Å². The van der Waals surface area contributed by atoms with E-state index in [9.17, 15) is 4.79 Å². The highest BCUT2D eigenvalue weighted by atomic mass is 79.9. The van der Waals surface area contributed by atoms with Crippen molar-refractivity contribution < 1.29 is 13.9 Å². The van der Waals surface area contributed by atoms with Gasteiger partial charge in [-0.3, -0.25) is 0 Å². The van der Waals surface area contributed by atoms with Gasteiger partial charge in [0, 0.05) is 6.54 Å². The maximum absolute atomic E-state index is 11.4. The molecular weight excluding hydrogens is 324 g/mol. The SMILES string of the molecule is CC(NCCCNC(=O)OC(C)(C)C)c1ccc(Br)o1. The Labute approximate surface area is 128 Å². The van der Waals surface area contributed by atoms with Crippen LogP contribution < -0.4 is 10.6 Å². The third-order valence-corrected chi connectivity index (χ3v) is 2.92. The summed E-state index contributed by atoms with van der Waals surface area (Å²) < 4.78 is 11.3. The van der Waals surface area contributed by atoms with Crippen LogP contribution in [0.15, 0.2) is 21.2 Å². The van der Waals surface area contributed by atoms with Crippen LogP contribution in [0.3, 0.4) is 0 Å². The van der Waals surface area contributed by atoms with Gasteiger partial charge in [0.2, 0.25) is 0 Å². The van der Waals surface area contributed by atoms with Gasteiger partial charge in [-0.1, -0.05) is 0 Å². The molecule has 0 aromatic carbocycles. The quantitative estimate of drug-likeness (QED) is 0.772. The van der Waals surface area contributed by atoms with Crippen molar-refractivity contribution in [1.82, 2.24) is 10.6 Å². The van der Waals surface area contributed by atoms with Crippen molar-refractivity contribution in [3.8, 4) is 0 Å². The molecule has 0 saturated carbocycles. The summed E-state index contributed by atoms with van der Waals surface area (Å²) in [5.41, 5.74) is -0.455. The largest absolute Gasteiger partial charge is 0.453 e. The van der Waals surface area contributed by atoms with Gasteiger partial charge >= 0.3 is 6.09 Å². The van der Waals surface area contributed by atoms with E-state index in [0.29, 0.717) is 6.54 Å². The summed E-state index contributed by atoms with van der Waals surface area (Å²) in [6.45, 7) is 8.93. The molecular formula is C14H23BrN2O3. The first-order valence-electron chi connectivity index (χ1n) is 6.73. The Balaban J connectivity index is 2.12. The van der Waals surface area contributed by atoms with E-state index in [1.54, 1.807) is 0 Å². The van der Waals surface area contributed by atoms with Crippen molar-refractivity contribution in [1.29, 1.82) is 0 Å². The fourth-order valence-electron chi connectivity index (χ4n) is 1.57. The Morgan fingerprint density at radius 3 is 2.65 bits per heavy atom. The molecule has 6 heteroatoms. The second-order valence-electron chi connectivity index (χ2n) is 5.60. The Hall–Kier alpha value is -1.01. The Morgan fingerprint density at radius 2 is 2.10 bits per heavy atom. The fraction of sp³-hybridized carbons (Fsp3) is 0.643. The summed E-state index contributed by atoms with van der Waals surface area (Å²) in [6.07, 6.45) is 0.450. The van der Waals surface area contributed by atoms with Gasteiger partial charge < -0.3 is 19.8 Å². The van der Waals surface area contributed by atoms with E-state index in [4.69, 9.17) is 9.15 Å². The van der Waals surface area contributed by atoms with Gasteiger partial charge in [-0.15, -0.1) is 0 Å². The normalized spacial score (nSPS) is 13.1. The smallest absolute Gasteiger partial charge is 0.407 e. The minimum absolute atomic E-state index is 0.142. The number of nitrogens with one attached hydrogen (secondary N) is 2. The highest BCUT2D eigenvalue weighted by Crippen LogP contribution is 2.19. The molecule has 0 saturated heterocycles. The van der Waals surface area contributed by atoms with E-state index in [0.717, 1.165) is 23.4 Å². The topological polar surface area (TPSA) is 63.5 Å². The molecule has 1 aromatic heterocycles. The van der Waals surface area contributed by atoms with Gasteiger partial charge in [0.05, 0.1) is 6.04 Å². The third-order valence-electron chi connectivity index (χ3n) is 2.49. The molecule has 1 heterocycles. The van der Waals surface area contributed by atoms with E-state index < -0.39 is 5.60 Å². The van der Waals surface area contributed by atoms with Crippen LogP contribution in [0.4, 0.5) is 4.79 Å². The molecule has 1 aromatic rings. The number of hydrogen-bond acceptors (Lipinski definition) is 4. The number of halogens is 1. The molecule has 1 rings (SSSR count). The summed E-state index contributed by atoms with van der Waals surface area (Å²) in [5.74, 6) is 0.886. The number of carbonyl (C=O) groups excluding carboxylic acids is 1.